The van der Waals surface area contributed by atoms with Gasteiger partial charge in [-0.25, -0.2) is 0 Å². The van der Waals surface area contributed by atoms with Crippen molar-refractivity contribution in [3.05, 3.63) is 0 Å². The lowest BCUT2D eigenvalue weighted by Gasteiger charge is -2.19. The molecule has 3 atom stereocenters. The highest BCUT2D eigenvalue weighted by molar-refractivity contribution is 4.93. The van der Waals surface area contributed by atoms with Crippen LogP contribution in [0.5, 0.6) is 0 Å². The van der Waals surface area contributed by atoms with Gasteiger partial charge in [-0.15, -0.1) is 0 Å². The molecular weight excluding hydrogens is 142 g/mol. The van der Waals surface area contributed by atoms with Gasteiger partial charge in [0.1, 0.15) is 0 Å². The Morgan fingerprint density at radius 1 is 1.45 bits per heavy atom. The first kappa shape index (κ1) is 7.53. The second kappa shape index (κ2) is 3.09. The summed E-state index contributed by atoms with van der Waals surface area (Å²) in [6.07, 6.45) is 4.53. The topological polar surface area (TPSA) is 41.5 Å². The summed E-state index contributed by atoms with van der Waals surface area (Å²) >= 11 is 0. The molecule has 0 saturated carbocycles. The van der Waals surface area contributed by atoms with E-state index in [0.29, 0.717) is 24.8 Å². The van der Waals surface area contributed by atoms with Crippen LogP contribution >= 0.6 is 0 Å². The number of nitrogens with one attached hydrogen (secondary N) is 1. The maximum Gasteiger partial charge on any atom is 0.0733 e. The number of hydrogen-bond acceptors (Lipinski definition) is 3. The van der Waals surface area contributed by atoms with Crippen LogP contribution in [0.25, 0.3) is 0 Å². The van der Waals surface area contributed by atoms with E-state index in [9.17, 15) is 0 Å². The molecule has 2 aliphatic rings. The van der Waals surface area contributed by atoms with Crippen molar-refractivity contribution in [2.45, 2.75) is 37.5 Å². The van der Waals surface area contributed by atoms with Crippen LogP contribution in [-0.4, -0.2) is 36.5 Å². The molecule has 0 spiro atoms. The standard InChI is InChI=1S/C8H15NO2/c10-4-3-9-7-5-6-1-2-8(7)11-6/h6-10H,1-5H2. The van der Waals surface area contributed by atoms with Gasteiger partial charge in [-0.2, -0.15) is 0 Å². The van der Waals surface area contributed by atoms with Gasteiger partial charge in [0.05, 0.1) is 18.8 Å². The predicted octanol–water partition coefficient (Wildman–Crippen LogP) is -0.112. The van der Waals surface area contributed by atoms with Crippen molar-refractivity contribution < 1.29 is 9.84 Å². The van der Waals surface area contributed by atoms with Crippen molar-refractivity contribution in [2.24, 2.45) is 0 Å². The lowest BCUT2D eigenvalue weighted by molar-refractivity contribution is 0.0968. The van der Waals surface area contributed by atoms with E-state index in [0.717, 1.165) is 6.42 Å². The molecule has 2 N–H and O–H groups in total. The smallest absolute Gasteiger partial charge is 0.0733 e. The number of aliphatic hydroxyl groups excluding tert-OH is 1. The van der Waals surface area contributed by atoms with Crippen LogP contribution in [0.15, 0.2) is 0 Å². The molecule has 11 heavy (non-hydrogen) atoms. The van der Waals surface area contributed by atoms with E-state index in [1.165, 1.54) is 12.8 Å². The molecule has 3 nitrogen and oxygen atoms in total. The minimum atomic E-state index is 0.230. The average molecular weight is 157 g/mol. The van der Waals surface area contributed by atoms with Gasteiger partial charge in [0, 0.05) is 12.6 Å². The third-order valence-corrected chi connectivity index (χ3v) is 2.62. The summed E-state index contributed by atoms with van der Waals surface area (Å²) in [4.78, 5) is 0. The van der Waals surface area contributed by atoms with Gasteiger partial charge >= 0.3 is 0 Å². The van der Waals surface area contributed by atoms with Gasteiger partial charge < -0.3 is 15.2 Å². The predicted molar refractivity (Wildman–Crippen MR) is 41.4 cm³/mol. The fourth-order valence-electron chi connectivity index (χ4n) is 2.10. The molecule has 2 aliphatic heterocycles. The van der Waals surface area contributed by atoms with E-state index in [-0.39, 0.29) is 6.61 Å². The van der Waals surface area contributed by atoms with Gasteiger partial charge in [-0.3, -0.25) is 0 Å². The number of aliphatic hydroxyl groups is 1. The summed E-state index contributed by atoms with van der Waals surface area (Å²) in [6, 6.07) is 0.515. The van der Waals surface area contributed by atoms with Crippen LogP contribution < -0.4 is 5.32 Å². The van der Waals surface area contributed by atoms with Crippen LogP contribution in [0.1, 0.15) is 19.3 Å². The zero-order chi connectivity index (χ0) is 7.68. The Labute approximate surface area is 66.7 Å². The number of rotatable bonds is 3. The minimum absolute atomic E-state index is 0.230. The number of fused-ring (bicyclic) bond motifs is 2. The molecule has 0 amide bonds. The van der Waals surface area contributed by atoms with Crippen molar-refractivity contribution in [2.75, 3.05) is 13.2 Å². The Morgan fingerprint density at radius 3 is 2.91 bits per heavy atom. The van der Waals surface area contributed by atoms with Crippen LogP contribution in [0.4, 0.5) is 0 Å². The Morgan fingerprint density at radius 2 is 2.36 bits per heavy atom. The molecular formula is C8H15NO2. The fraction of sp³-hybridized carbons (Fsp3) is 1.00. The van der Waals surface area contributed by atoms with Crippen molar-refractivity contribution in [1.29, 1.82) is 0 Å². The summed E-state index contributed by atoms with van der Waals surface area (Å²) in [5.41, 5.74) is 0. The van der Waals surface area contributed by atoms with Gasteiger partial charge in [-0.05, 0) is 19.3 Å². The first-order valence-corrected chi connectivity index (χ1v) is 4.40. The molecule has 64 valence electrons. The lowest BCUT2D eigenvalue weighted by Crippen LogP contribution is -2.38. The van der Waals surface area contributed by atoms with E-state index in [1.807, 2.05) is 0 Å². The summed E-state index contributed by atoms with van der Waals surface area (Å²) in [5.74, 6) is 0. The SMILES string of the molecule is OCCNC1CC2CCC1O2. The lowest BCUT2D eigenvalue weighted by atomic mass is 9.96. The zero-order valence-electron chi connectivity index (χ0n) is 6.62. The van der Waals surface area contributed by atoms with Crippen molar-refractivity contribution >= 4 is 0 Å². The quantitative estimate of drug-likeness (QED) is 0.600. The molecule has 0 aromatic carbocycles. The summed E-state index contributed by atoms with van der Waals surface area (Å²) in [6.45, 7) is 0.936. The molecule has 0 aromatic rings. The second-order valence-electron chi connectivity index (χ2n) is 3.39. The molecule has 0 aromatic heterocycles. The van der Waals surface area contributed by atoms with Gasteiger partial charge in [-0.1, -0.05) is 0 Å². The molecule has 0 aliphatic carbocycles. The fourth-order valence-corrected chi connectivity index (χ4v) is 2.10. The Hall–Kier alpha value is -0.120. The highest BCUT2D eigenvalue weighted by Crippen LogP contribution is 2.33. The minimum Gasteiger partial charge on any atom is -0.395 e. The maximum atomic E-state index is 8.59. The van der Waals surface area contributed by atoms with Gasteiger partial charge in [0.2, 0.25) is 0 Å². The molecule has 2 rings (SSSR count). The molecule has 0 radical (unpaired) electrons. The zero-order valence-corrected chi connectivity index (χ0v) is 6.62. The number of hydrogen-bond donors (Lipinski definition) is 2. The van der Waals surface area contributed by atoms with E-state index >= 15 is 0 Å². The van der Waals surface area contributed by atoms with Gasteiger partial charge in [0.15, 0.2) is 0 Å². The normalized spacial score (nSPS) is 41.7. The molecule has 3 unspecified atom stereocenters. The first-order chi connectivity index (χ1) is 5.40. The van der Waals surface area contributed by atoms with E-state index in [1.54, 1.807) is 0 Å². The van der Waals surface area contributed by atoms with Crippen LogP contribution in [-0.2, 0) is 4.74 Å². The third kappa shape index (κ3) is 1.41. The van der Waals surface area contributed by atoms with Crippen molar-refractivity contribution in [3.63, 3.8) is 0 Å². The van der Waals surface area contributed by atoms with Crippen LogP contribution in [0.3, 0.4) is 0 Å². The maximum absolute atomic E-state index is 8.59. The van der Waals surface area contributed by atoms with Crippen molar-refractivity contribution in [3.8, 4) is 0 Å². The second-order valence-corrected chi connectivity index (χ2v) is 3.39. The molecule has 2 saturated heterocycles. The Balaban J connectivity index is 1.78. The Bertz CT molecular complexity index is 140. The van der Waals surface area contributed by atoms with Crippen molar-refractivity contribution in [1.82, 2.24) is 5.32 Å². The Kier molecular flexibility index (Phi) is 2.11. The number of ether oxygens (including phenoxy) is 1. The summed E-state index contributed by atoms with van der Waals surface area (Å²) in [5, 5.41) is 11.9. The average Bonchev–Trinajstić information content (AvgIpc) is 2.60. The first-order valence-electron chi connectivity index (χ1n) is 4.40. The van der Waals surface area contributed by atoms with Crippen LogP contribution in [0, 0.1) is 0 Å². The van der Waals surface area contributed by atoms with Crippen LogP contribution in [0.2, 0.25) is 0 Å². The molecule has 2 fully saturated rings. The largest absolute Gasteiger partial charge is 0.395 e. The molecule has 2 heterocycles. The summed E-state index contributed by atoms with van der Waals surface area (Å²) < 4.78 is 5.64. The highest BCUT2D eigenvalue weighted by atomic mass is 16.5. The third-order valence-electron chi connectivity index (χ3n) is 2.62. The molecule has 2 bridgehead atoms. The molecule has 3 heteroatoms. The monoisotopic (exact) mass is 157 g/mol. The summed E-state index contributed by atoms with van der Waals surface area (Å²) in [7, 11) is 0. The highest BCUT2D eigenvalue weighted by Gasteiger charge is 2.40. The van der Waals surface area contributed by atoms with Gasteiger partial charge in [0.25, 0.3) is 0 Å². The van der Waals surface area contributed by atoms with E-state index in [2.05, 4.69) is 5.32 Å². The van der Waals surface area contributed by atoms with E-state index < -0.39 is 0 Å². The van der Waals surface area contributed by atoms with E-state index in [4.69, 9.17) is 9.84 Å².